The molecule has 1 amide bonds. The number of unbranched alkanes of at least 4 members (excludes halogenated alkanes) is 3. The molecule has 0 spiro atoms. The summed E-state index contributed by atoms with van der Waals surface area (Å²) in [6.07, 6.45) is 11.1. The molecule has 2 N–H and O–H groups in total. The van der Waals surface area contributed by atoms with Gasteiger partial charge in [-0.15, -0.1) is 6.42 Å². The van der Waals surface area contributed by atoms with E-state index in [1.165, 1.54) is 25.7 Å². The smallest absolute Gasteiger partial charge is 0.234 e. The molecular formula is C13H24N2O. The zero-order valence-electron chi connectivity index (χ0n) is 10.5. The van der Waals surface area contributed by atoms with Crippen LogP contribution in [0.3, 0.4) is 0 Å². The summed E-state index contributed by atoms with van der Waals surface area (Å²) >= 11 is 0. The lowest BCUT2D eigenvalue weighted by molar-refractivity contribution is -0.120. The quantitative estimate of drug-likeness (QED) is 0.462. The van der Waals surface area contributed by atoms with E-state index in [0.717, 1.165) is 6.42 Å². The van der Waals surface area contributed by atoms with Crippen LogP contribution in [0, 0.1) is 12.3 Å². The minimum absolute atomic E-state index is 0.0261. The van der Waals surface area contributed by atoms with Gasteiger partial charge in [-0.2, -0.15) is 0 Å². The zero-order chi connectivity index (χ0) is 12.2. The first-order valence-corrected chi connectivity index (χ1v) is 6.14. The van der Waals surface area contributed by atoms with E-state index in [2.05, 4.69) is 23.5 Å². The summed E-state index contributed by atoms with van der Waals surface area (Å²) in [5, 5.41) is 5.81. The van der Waals surface area contributed by atoms with Crippen LogP contribution in [0.2, 0.25) is 0 Å². The Morgan fingerprint density at radius 3 is 2.75 bits per heavy atom. The highest BCUT2D eigenvalue weighted by Crippen LogP contribution is 2.04. The fourth-order valence-corrected chi connectivity index (χ4v) is 1.52. The van der Waals surface area contributed by atoms with E-state index in [-0.39, 0.29) is 11.9 Å². The fraction of sp³-hybridized carbons (Fsp3) is 0.769. The second kappa shape index (κ2) is 10.5. The summed E-state index contributed by atoms with van der Waals surface area (Å²) in [5.74, 6) is 2.46. The van der Waals surface area contributed by atoms with E-state index >= 15 is 0 Å². The van der Waals surface area contributed by atoms with E-state index in [1.807, 2.05) is 6.92 Å². The van der Waals surface area contributed by atoms with Crippen LogP contribution < -0.4 is 10.6 Å². The highest BCUT2D eigenvalue weighted by atomic mass is 16.1. The first kappa shape index (κ1) is 15.0. The number of nitrogens with one attached hydrogen (secondary N) is 2. The Morgan fingerprint density at radius 2 is 2.12 bits per heavy atom. The van der Waals surface area contributed by atoms with Crippen molar-refractivity contribution < 1.29 is 4.79 Å². The molecule has 92 valence electrons. The molecule has 0 radical (unpaired) electrons. The maximum Gasteiger partial charge on any atom is 0.234 e. The molecule has 16 heavy (non-hydrogen) atoms. The third-order valence-electron chi connectivity index (χ3n) is 2.41. The van der Waals surface area contributed by atoms with Gasteiger partial charge in [0.05, 0.1) is 13.1 Å². The van der Waals surface area contributed by atoms with Gasteiger partial charge in [-0.3, -0.25) is 10.1 Å². The number of hydrogen-bond acceptors (Lipinski definition) is 2. The van der Waals surface area contributed by atoms with Crippen molar-refractivity contribution in [3.63, 3.8) is 0 Å². The average molecular weight is 224 g/mol. The molecule has 0 aliphatic carbocycles. The second-order valence-electron chi connectivity index (χ2n) is 4.13. The van der Waals surface area contributed by atoms with Crippen LogP contribution in [0.1, 0.15) is 46.0 Å². The molecular weight excluding hydrogens is 200 g/mol. The zero-order valence-corrected chi connectivity index (χ0v) is 10.5. The number of hydrogen-bond donors (Lipinski definition) is 2. The van der Waals surface area contributed by atoms with Gasteiger partial charge in [-0.05, 0) is 13.3 Å². The third kappa shape index (κ3) is 9.54. The van der Waals surface area contributed by atoms with Crippen LogP contribution in [0.5, 0.6) is 0 Å². The maximum atomic E-state index is 11.4. The molecule has 0 saturated heterocycles. The molecule has 0 heterocycles. The minimum Gasteiger partial charge on any atom is -0.353 e. The van der Waals surface area contributed by atoms with E-state index in [0.29, 0.717) is 13.1 Å². The molecule has 0 rings (SSSR count). The van der Waals surface area contributed by atoms with Crippen molar-refractivity contribution >= 4 is 5.91 Å². The average Bonchev–Trinajstić information content (AvgIpc) is 2.25. The molecule has 0 saturated carbocycles. The predicted octanol–water partition coefficient (Wildman–Crippen LogP) is 1.68. The highest BCUT2D eigenvalue weighted by molar-refractivity contribution is 5.78. The van der Waals surface area contributed by atoms with E-state index in [4.69, 9.17) is 6.42 Å². The van der Waals surface area contributed by atoms with Gasteiger partial charge in [-0.1, -0.05) is 38.5 Å². The molecule has 3 heteroatoms. The van der Waals surface area contributed by atoms with Crippen LogP contribution in [0.25, 0.3) is 0 Å². The molecule has 0 aromatic carbocycles. The molecule has 1 atom stereocenters. The maximum absolute atomic E-state index is 11.4. The Morgan fingerprint density at radius 1 is 1.38 bits per heavy atom. The fourth-order valence-electron chi connectivity index (χ4n) is 1.52. The van der Waals surface area contributed by atoms with E-state index < -0.39 is 0 Å². The Kier molecular flexibility index (Phi) is 9.84. The van der Waals surface area contributed by atoms with Gasteiger partial charge in [0.2, 0.25) is 5.91 Å². The van der Waals surface area contributed by atoms with Crippen molar-refractivity contribution in [1.29, 1.82) is 0 Å². The SMILES string of the molecule is C#CCNCC(=O)NC(C)CCCCCC. The summed E-state index contributed by atoms with van der Waals surface area (Å²) in [5.41, 5.74) is 0. The summed E-state index contributed by atoms with van der Waals surface area (Å²) in [7, 11) is 0. The van der Waals surface area contributed by atoms with Crippen molar-refractivity contribution in [2.45, 2.75) is 52.0 Å². The molecule has 0 bridgehead atoms. The van der Waals surface area contributed by atoms with Crippen molar-refractivity contribution in [2.75, 3.05) is 13.1 Å². The van der Waals surface area contributed by atoms with E-state index in [1.54, 1.807) is 0 Å². The van der Waals surface area contributed by atoms with Crippen molar-refractivity contribution in [3.8, 4) is 12.3 Å². The van der Waals surface area contributed by atoms with Gasteiger partial charge in [0, 0.05) is 6.04 Å². The van der Waals surface area contributed by atoms with Gasteiger partial charge in [0.15, 0.2) is 0 Å². The first-order valence-electron chi connectivity index (χ1n) is 6.14. The van der Waals surface area contributed by atoms with Gasteiger partial charge in [-0.25, -0.2) is 0 Å². The first-order chi connectivity index (χ1) is 7.70. The lowest BCUT2D eigenvalue weighted by Gasteiger charge is -2.13. The standard InChI is InChI=1S/C13H24N2O/c1-4-6-7-8-9-12(3)15-13(16)11-14-10-5-2/h2,12,14H,4,6-11H2,1,3H3,(H,15,16). The second-order valence-corrected chi connectivity index (χ2v) is 4.13. The highest BCUT2D eigenvalue weighted by Gasteiger charge is 2.05. The lowest BCUT2D eigenvalue weighted by atomic mass is 10.1. The summed E-state index contributed by atoms with van der Waals surface area (Å²) in [6.45, 7) is 5.00. The third-order valence-corrected chi connectivity index (χ3v) is 2.41. The normalized spacial score (nSPS) is 11.8. The number of terminal acetylenes is 1. The number of carbonyl (C=O) groups is 1. The molecule has 1 unspecified atom stereocenters. The Bertz CT molecular complexity index is 220. The minimum atomic E-state index is 0.0261. The lowest BCUT2D eigenvalue weighted by Crippen LogP contribution is -2.39. The molecule has 0 aromatic heterocycles. The van der Waals surface area contributed by atoms with Crippen LogP contribution in [-0.2, 0) is 4.79 Å². The van der Waals surface area contributed by atoms with Gasteiger partial charge in [0.25, 0.3) is 0 Å². The molecule has 0 aliphatic rings. The van der Waals surface area contributed by atoms with Crippen LogP contribution in [0.15, 0.2) is 0 Å². The molecule has 0 fully saturated rings. The summed E-state index contributed by atoms with van der Waals surface area (Å²) in [4.78, 5) is 11.4. The van der Waals surface area contributed by atoms with Crippen molar-refractivity contribution in [2.24, 2.45) is 0 Å². The van der Waals surface area contributed by atoms with Gasteiger partial charge in [0.1, 0.15) is 0 Å². The predicted molar refractivity (Wildman–Crippen MR) is 68.1 cm³/mol. The number of carbonyl (C=O) groups excluding carboxylic acids is 1. The van der Waals surface area contributed by atoms with Gasteiger partial charge < -0.3 is 5.32 Å². The topological polar surface area (TPSA) is 41.1 Å². The molecule has 3 nitrogen and oxygen atoms in total. The Hall–Kier alpha value is -1.01. The van der Waals surface area contributed by atoms with Crippen LogP contribution in [0.4, 0.5) is 0 Å². The van der Waals surface area contributed by atoms with Crippen molar-refractivity contribution in [3.05, 3.63) is 0 Å². The summed E-state index contributed by atoms with van der Waals surface area (Å²) in [6, 6.07) is 0.261. The summed E-state index contributed by atoms with van der Waals surface area (Å²) < 4.78 is 0. The Labute approximate surface area is 99.4 Å². The number of amides is 1. The van der Waals surface area contributed by atoms with E-state index in [9.17, 15) is 4.79 Å². The monoisotopic (exact) mass is 224 g/mol. The van der Waals surface area contributed by atoms with Crippen LogP contribution in [-0.4, -0.2) is 25.0 Å². The van der Waals surface area contributed by atoms with Gasteiger partial charge >= 0.3 is 0 Å². The Balaban J connectivity index is 3.43. The van der Waals surface area contributed by atoms with Crippen LogP contribution >= 0.6 is 0 Å². The molecule has 0 aliphatic heterocycles. The van der Waals surface area contributed by atoms with Crippen molar-refractivity contribution in [1.82, 2.24) is 10.6 Å². The number of rotatable bonds is 9. The molecule has 0 aromatic rings. The largest absolute Gasteiger partial charge is 0.353 e.